The molecule has 0 saturated heterocycles. The summed E-state index contributed by atoms with van der Waals surface area (Å²) in [6, 6.07) is 7.69. The number of rotatable bonds is 4. The average molecular weight is 248 g/mol. The molecular formula is C16H21FO. The molecule has 18 heavy (non-hydrogen) atoms. The van der Waals surface area contributed by atoms with Crippen LogP contribution in [0.15, 0.2) is 24.3 Å². The molecule has 0 amide bonds. The van der Waals surface area contributed by atoms with Gasteiger partial charge < -0.3 is 0 Å². The number of benzene rings is 1. The molecule has 3 atom stereocenters. The average Bonchev–Trinajstić information content (AvgIpc) is 2.67. The van der Waals surface area contributed by atoms with Crippen LogP contribution < -0.4 is 0 Å². The first-order valence-electron chi connectivity index (χ1n) is 6.80. The van der Waals surface area contributed by atoms with E-state index in [1.165, 1.54) is 0 Å². The fourth-order valence-corrected chi connectivity index (χ4v) is 2.78. The highest BCUT2D eigenvalue weighted by atomic mass is 19.1. The number of carbonyl (C=O) groups excluding carboxylic acids is 1. The van der Waals surface area contributed by atoms with E-state index in [2.05, 4.69) is 0 Å². The molecule has 1 aromatic rings. The van der Waals surface area contributed by atoms with Crippen LogP contribution >= 0.6 is 0 Å². The van der Waals surface area contributed by atoms with Crippen LogP contribution in [-0.4, -0.2) is 12.0 Å². The van der Waals surface area contributed by atoms with Crippen LogP contribution in [0.25, 0.3) is 0 Å². The van der Waals surface area contributed by atoms with E-state index in [-0.39, 0.29) is 11.7 Å². The van der Waals surface area contributed by atoms with Crippen molar-refractivity contribution in [2.45, 2.75) is 45.7 Å². The molecule has 0 bridgehead atoms. The van der Waals surface area contributed by atoms with Gasteiger partial charge in [0.25, 0.3) is 0 Å². The fourth-order valence-electron chi connectivity index (χ4n) is 2.78. The van der Waals surface area contributed by atoms with Gasteiger partial charge in [0.15, 0.2) is 5.78 Å². The number of ketones is 1. The predicted molar refractivity (Wildman–Crippen MR) is 71.5 cm³/mol. The van der Waals surface area contributed by atoms with Crippen molar-refractivity contribution in [2.24, 2.45) is 11.8 Å². The highest BCUT2D eigenvalue weighted by molar-refractivity contribution is 5.96. The van der Waals surface area contributed by atoms with Gasteiger partial charge in [0.1, 0.15) is 6.17 Å². The first kappa shape index (κ1) is 13.3. The van der Waals surface area contributed by atoms with Gasteiger partial charge in [-0.2, -0.15) is 0 Å². The van der Waals surface area contributed by atoms with E-state index in [1.807, 2.05) is 38.1 Å². The van der Waals surface area contributed by atoms with Gasteiger partial charge in [-0.1, -0.05) is 36.8 Å². The number of Topliss-reactive ketones (excluding diaryl/α,β-unsaturated/α-hetero) is 1. The smallest absolute Gasteiger partial charge is 0.162 e. The van der Waals surface area contributed by atoms with E-state index in [4.69, 9.17) is 0 Å². The van der Waals surface area contributed by atoms with Crippen molar-refractivity contribution in [3.05, 3.63) is 35.4 Å². The summed E-state index contributed by atoms with van der Waals surface area (Å²) in [7, 11) is 0. The Hall–Kier alpha value is -1.18. The van der Waals surface area contributed by atoms with Crippen LogP contribution in [-0.2, 0) is 0 Å². The van der Waals surface area contributed by atoms with Crippen LogP contribution in [0, 0.1) is 18.8 Å². The first-order valence-corrected chi connectivity index (χ1v) is 6.80. The summed E-state index contributed by atoms with van der Waals surface area (Å²) in [4.78, 5) is 12.0. The van der Waals surface area contributed by atoms with Crippen molar-refractivity contribution < 1.29 is 9.18 Å². The minimum absolute atomic E-state index is 0.171. The molecule has 0 spiro atoms. The predicted octanol–water partition coefficient (Wildman–Crippen LogP) is 4.34. The molecule has 2 rings (SSSR count). The second-order valence-corrected chi connectivity index (χ2v) is 5.66. The second kappa shape index (κ2) is 5.64. The monoisotopic (exact) mass is 248 g/mol. The van der Waals surface area contributed by atoms with Crippen molar-refractivity contribution in [2.75, 3.05) is 0 Å². The normalized spacial score (nSPS) is 27.4. The molecule has 1 nitrogen and oxygen atoms in total. The summed E-state index contributed by atoms with van der Waals surface area (Å²) in [6.45, 7) is 3.97. The third-order valence-corrected chi connectivity index (χ3v) is 4.03. The summed E-state index contributed by atoms with van der Waals surface area (Å²) < 4.78 is 13.4. The van der Waals surface area contributed by atoms with E-state index in [0.717, 1.165) is 24.0 Å². The Morgan fingerprint density at radius 2 is 1.94 bits per heavy atom. The van der Waals surface area contributed by atoms with Crippen molar-refractivity contribution in [3.63, 3.8) is 0 Å². The molecule has 1 aliphatic rings. The Labute approximate surface area is 108 Å². The van der Waals surface area contributed by atoms with Crippen molar-refractivity contribution in [1.29, 1.82) is 0 Å². The number of hydrogen-bond donors (Lipinski definition) is 0. The minimum Gasteiger partial charge on any atom is -0.294 e. The van der Waals surface area contributed by atoms with Gasteiger partial charge in [-0.15, -0.1) is 0 Å². The van der Waals surface area contributed by atoms with Crippen molar-refractivity contribution in [1.82, 2.24) is 0 Å². The molecule has 1 fully saturated rings. The maximum Gasteiger partial charge on any atom is 0.162 e. The van der Waals surface area contributed by atoms with Crippen molar-refractivity contribution in [3.8, 4) is 0 Å². The molecule has 3 unspecified atom stereocenters. The molecule has 0 heterocycles. The molecule has 2 heteroatoms. The summed E-state index contributed by atoms with van der Waals surface area (Å²) in [5.74, 6) is 0.749. The van der Waals surface area contributed by atoms with Crippen LogP contribution in [0.1, 0.15) is 48.5 Å². The van der Waals surface area contributed by atoms with Crippen LogP contribution in [0.2, 0.25) is 0 Å². The highest BCUT2D eigenvalue weighted by Crippen LogP contribution is 2.35. The fraction of sp³-hybridized carbons (Fsp3) is 0.562. The van der Waals surface area contributed by atoms with Gasteiger partial charge in [0, 0.05) is 12.0 Å². The quantitative estimate of drug-likeness (QED) is 0.724. The molecule has 98 valence electrons. The molecule has 1 aromatic carbocycles. The van der Waals surface area contributed by atoms with Crippen LogP contribution in [0.5, 0.6) is 0 Å². The molecular weight excluding hydrogens is 227 g/mol. The third-order valence-electron chi connectivity index (χ3n) is 4.03. The van der Waals surface area contributed by atoms with Gasteiger partial charge in [-0.05, 0) is 38.0 Å². The second-order valence-electron chi connectivity index (χ2n) is 5.66. The molecule has 0 aromatic heterocycles. The lowest BCUT2D eigenvalue weighted by Gasteiger charge is -2.08. The van der Waals surface area contributed by atoms with Crippen LogP contribution in [0.4, 0.5) is 4.39 Å². The minimum atomic E-state index is -0.663. The van der Waals surface area contributed by atoms with Gasteiger partial charge >= 0.3 is 0 Å². The number of aryl methyl sites for hydroxylation is 1. The number of alkyl halides is 1. The maximum atomic E-state index is 13.4. The number of halogens is 1. The lowest BCUT2D eigenvalue weighted by molar-refractivity contribution is 0.0973. The highest BCUT2D eigenvalue weighted by Gasteiger charge is 2.31. The third kappa shape index (κ3) is 3.18. The van der Waals surface area contributed by atoms with Crippen LogP contribution in [0.3, 0.4) is 0 Å². The zero-order valence-electron chi connectivity index (χ0n) is 11.2. The van der Waals surface area contributed by atoms with Gasteiger partial charge in [-0.25, -0.2) is 4.39 Å². The zero-order valence-corrected chi connectivity index (χ0v) is 11.2. The van der Waals surface area contributed by atoms with E-state index < -0.39 is 6.17 Å². The lowest BCUT2D eigenvalue weighted by atomic mass is 9.96. The van der Waals surface area contributed by atoms with E-state index in [1.54, 1.807) is 0 Å². The Morgan fingerprint density at radius 3 is 2.50 bits per heavy atom. The van der Waals surface area contributed by atoms with Gasteiger partial charge in [0.2, 0.25) is 0 Å². The lowest BCUT2D eigenvalue weighted by Crippen LogP contribution is -2.03. The standard InChI is InChI=1S/C16H21FO/c1-11-3-6-14(7-4-11)16(18)8-5-13-9-12(2)15(17)10-13/h3-4,6-7,12-13,15H,5,8-10H2,1-2H3. The summed E-state index contributed by atoms with van der Waals surface area (Å²) in [6.07, 6.45) is 2.29. The summed E-state index contributed by atoms with van der Waals surface area (Å²) in [5.41, 5.74) is 1.94. The van der Waals surface area contributed by atoms with E-state index in [9.17, 15) is 9.18 Å². The first-order chi connectivity index (χ1) is 8.56. The van der Waals surface area contributed by atoms with E-state index >= 15 is 0 Å². The summed E-state index contributed by atoms with van der Waals surface area (Å²) >= 11 is 0. The molecule has 1 saturated carbocycles. The SMILES string of the molecule is Cc1ccc(C(=O)CCC2CC(C)C(F)C2)cc1. The Kier molecular flexibility index (Phi) is 4.15. The maximum absolute atomic E-state index is 13.4. The molecule has 1 aliphatic carbocycles. The Bertz CT molecular complexity index is 400. The molecule has 0 aliphatic heterocycles. The Balaban J connectivity index is 1.84. The number of carbonyl (C=O) groups is 1. The zero-order chi connectivity index (χ0) is 13.1. The molecule has 0 radical (unpaired) electrons. The van der Waals surface area contributed by atoms with Gasteiger partial charge in [-0.3, -0.25) is 4.79 Å². The largest absolute Gasteiger partial charge is 0.294 e. The number of hydrogen-bond acceptors (Lipinski definition) is 1. The van der Waals surface area contributed by atoms with Gasteiger partial charge in [0.05, 0.1) is 0 Å². The van der Waals surface area contributed by atoms with E-state index in [0.29, 0.717) is 18.8 Å². The summed E-state index contributed by atoms with van der Waals surface area (Å²) in [5, 5.41) is 0. The topological polar surface area (TPSA) is 17.1 Å². The van der Waals surface area contributed by atoms with Crippen molar-refractivity contribution >= 4 is 5.78 Å². The Morgan fingerprint density at radius 1 is 1.28 bits per heavy atom. The molecule has 0 N–H and O–H groups in total.